The zero-order valence-corrected chi connectivity index (χ0v) is 30.3. The van der Waals surface area contributed by atoms with Gasteiger partial charge in [0.25, 0.3) is 0 Å². The molecule has 0 aromatic heterocycles. The van der Waals surface area contributed by atoms with Crippen molar-refractivity contribution in [3.05, 3.63) is 150 Å². The third kappa shape index (κ3) is 6.69. The van der Waals surface area contributed by atoms with Crippen molar-refractivity contribution in [2.24, 2.45) is 0 Å². The minimum absolute atomic E-state index is 0.00925. The molecule has 0 spiro atoms. The number of fused-ring (bicyclic) bond motifs is 1. The van der Waals surface area contributed by atoms with Gasteiger partial charge in [0.05, 0.1) is 11.4 Å². The summed E-state index contributed by atoms with van der Waals surface area (Å²) in [6.07, 6.45) is 6.56. The van der Waals surface area contributed by atoms with Gasteiger partial charge in [-0.3, -0.25) is 0 Å². The van der Waals surface area contributed by atoms with E-state index in [9.17, 15) is 0 Å². The highest BCUT2D eigenvalue weighted by molar-refractivity contribution is 6.04. The van der Waals surface area contributed by atoms with Crippen LogP contribution in [0.4, 0.5) is 17.1 Å². The van der Waals surface area contributed by atoms with Crippen molar-refractivity contribution < 1.29 is 0 Å². The van der Waals surface area contributed by atoms with Crippen LogP contribution in [0.15, 0.2) is 133 Å². The van der Waals surface area contributed by atoms with Crippen LogP contribution < -0.4 is 4.90 Å². The molecule has 0 N–H and O–H groups in total. The van der Waals surface area contributed by atoms with Crippen LogP contribution in [0.3, 0.4) is 0 Å². The maximum Gasteiger partial charge on any atom is 0.0540 e. The van der Waals surface area contributed by atoms with Gasteiger partial charge in [0.2, 0.25) is 0 Å². The Kier molecular flexibility index (Phi) is 8.97. The van der Waals surface area contributed by atoms with Crippen molar-refractivity contribution in [3.8, 4) is 22.3 Å². The number of benzene rings is 6. The fraction of sp³-hybridized carbons (Fsp3) is 0.292. The molecule has 0 heterocycles. The minimum atomic E-state index is -0.00925. The van der Waals surface area contributed by atoms with Crippen LogP contribution in [0.25, 0.3) is 33.0 Å². The molecule has 0 bridgehead atoms. The maximum absolute atomic E-state index is 2.55. The first-order valence-electron chi connectivity index (χ1n) is 18.3. The lowest BCUT2D eigenvalue weighted by molar-refractivity contribution is 0.445. The second-order valence-electron chi connectivity index (χ2n) is 16.1. The number of nitrogens with zero attached hydrogens (tertiary/aromatic N) is 1. The van der Waals surface area contributed by atoms with E-state index in [2.05, 4.69) is 180 Å². The van der Waals surface area contributed by atoms with E-state index in [4.69, 9.17) is 0 Å². The summed E-state index contributed by atoms with van der Waals surface area (Å²) >= 11 is 0. The molecule has 0 aliphatic heterocycles. The highest BCUT2D eigenvalue weighted by Crippen LogP contribution is 2.48. The van der Waals surface area contributed by atoms with Crippen LogP contribution in [0.1, 0.15) is 96.3 Å². The summed E-state index contributed by atoms with van der Waals surface area (Å²) in [4.78, 5) is 2.55. The SMILES string of the molecule is CC(C)(C)c1cc(N(c2ccccc2-c2ccccc2)c2ccccc2-c2cccc3cccc(C4CCCCC4)c23)cc(C(C)(C)C)c1. The smallest absolute Gasteiger partial charge is 0.0540 e. The Labute approximate surface area is 294 Å². The molecule has 6 aromatic carbocycles. The number of rotatable bonds is 6. The molecule has 1 saturated carbocycles. The summed E-state index contributed by atoms with van der Waals surface area (Å²) in [6, 6.07) is 50.1. The molecule has 0 amide bonds. The van der Waals surface area contributed by atoms with Crippen molar-refractivity contribution in [2.45, 2.75) is 90.4 Å². The van der Waals surface area contributed by atoms with Gasteiger partial charge < -0.3 is 4.90 Å². The van der Waals surface area contributed by atoms with Crippen LogP contribution in [-0.4, -0.2) is 0 Å². The number of para-hydroxylation sites is 2. The summed E-state index contributed by atoms with van der Waals surface area (Å²) in [5.74, 6) is 0.610. The molecule has 6 aromatic rings. The van der Waals surface area contributed by atoms with E-state index in [0.29, 0.717) is 5.92 Å². The van der Waals surface area contributed by atoms with Crippen molar-refractivity contribution >= 4 is 27.8 Å². The topological polar surface area (TPSA) is 3.24 Å². The monoisotopic (exact) mass is 641 g/mol. The lowest BCUT2D eigenvalue weighted by Crippen LogP contribution is -2.19. The number of hydrogen-bond donors (Lipinski definition) is 0. The molecule has 49 heavy (non-hydrogen) atoms. The molecule has 0 atom stereocenters. The van der Waals surface area contributed by atoms with E-state index >= 15 is 0 Å². The van der Waals surface area contributed by atoms with E-state index in [1.807, 2.05) is 0 Å². The largest absolute Gasteiger partial charge is 0.309 e. The van der Waals surface area contributed by atoms with Crippen molar-refractivity contribution in [3.63, 3.8) is 0 Å². The highest BCUT2D eigenvalue weighted by Gasteiger charge is 2.27. The standard InChI is InChI=1S/C48H51N/c1-47(2,3)37-31-38(48(4,5)6)33-39(32-37)49(44-29-15-13-25-40(44)34-19-9-7-10-20-34)45-30-16-14-26-42(45)43-28-18-24-36-23-17-27-41(46(36)43)35-21-11-8-12-22-35/h7,9-10,13-20,23-33,35H,8,11-12,21-22H2,1-6H3. The Morgan fingerprint density at radius 1 is 0.490 bits per heavy atom. The van der Waals surface area contributed by atoms with Gasteiger partial charge in [-0.05, 0) is 92.4 Å². The second-order valence-corrected chi connectivity index (χ2v) is 16.1. The molecule has 0 saturated heterocycles. The first kappa shape index (κ1) is 32.9. The van der Waals surface area contributed by atoms with E-state index in [0.717, 1.165) is 0 Å². The summed E-state index contributed by atoms with van der Waals surface area (Å²) in [6.45, 7) is 14.0. The Balaban J connectivity index is 1.54. The highest BCUT2D eigenvalue weighted by atomic mass is 15.1. The first-order valence-corrected chi connectivity index (χ1v) is 18.3. The molecule has 1 aliphatic carbocycles. The zero-order valence-electron chi connectivity index (χ0n) is 30.3. The molecular formula is C48H51N. The van der Waals surface area contributed by atoms with Gasteiger partial charge >= 0.3 is 0 Å². The predicted octanol–water partition coefficient (Wildman–Crippen LogP) is 14.3. The third-order valence-corrected chi connectivity index (χ3v) is 10.6. The summed E-state index contributed by atoms with van der Waals surface area (Å²) in [5.41, 5.74) is 12.8. The second kappa shape index (κ2) is 13.4. The molecule has 7 rings (SSSR count). The first-order chi connectivity index (χ1) is 23.6. The lowest BCUT2D eigenvalue weighted by Gasteiger charge is -2.33. The normalized spacial score (nSPS) is 14.2. The van der Waals surface area contributed by atoms with Gasteiger partial charge in [0, 0.05) is 16.8 Å². The Bertz CT molecular complexity index is 2030. The quantitative estimate of drug-likeness (QED) is 0.175. The Hall–Kier alpha value is -4.62. The fourth-order valence-corrected chi connectivity index (χ4v) is 7.79. The van der Waals surface area contributed by atoms with Gasteiger partial charge in [-0.25, -0.2) is 0 Å². The van der Waals surface area contributed by atoms with Gasteiger partial charge in [-0.15, -0.1) is 0 Å². The van der Waals surface area contributed by atoms with Gasteiger partial charge in [0.15, 0.2) is 0 Å². The zero-order chi connectivity index (χ0) is 34.2. The van der Waals surface area contributed by atoms with Crippen LogP contribution in [0.5, 0.6) is 0 Å². The lowest BCUT2D eigenvalue weighted by atomic mass is 9.80. The third-order valence-electron chi connectivity index (χ3n) is 10.6. The van der Waals surface area contributed by atoms with Crippen molar-refractivity contribution in [1.29, 1.82) is 0 Å². The van der Waals surface area contributed by atoms with Crippen LogP contribution >= 0.6 is 0 Å². The Morgan fingerprint density at radius 2 is 1.02 bits per heavy atom. The van der Waals surface area contributed by atoms with Crippen molar-refractivity contribution in [2.75, 3.05) is 4.90 Å². The molecule has 0 radical (unpaired) electrons. The van der Waals surface area contributed by atoms with Crippen molar-refractivity contribution in [1.82, 2.24) is 0 Å². The van der Waals surface area contributed by atoms with Crippen LogP contribution in [0.2, 0.25) is 0 Å². The van der Waals surface area contributed by atoms with Gasteiger partial charge in [0.1, 0.15) is 0 Å². The molecule has 0 unspecified atom stereocenters. The van der Waals surface area contributed by atoms with Crippen LogP contribution in [-0.2, 0) is 10.8 Å². The van der Waals surface area contributed by atoms with E-state index in [-0.39, 0.29) is 10.8 Å². The minimum Gasteiger partial charge on any atom is -0.309 e. The average molecular weight is 642 g/mol. The number of anilines is 3. The summed E-state index contributed by atoms with van der Waals surface area (Å²) < 4.78 is 0. The maximum atomic E-state index is 2.55. The van der Waals surface area contributed by atoms with Gasteiger partial charge in [-0.1, -0.05) is 170 Å². The summed E-state index contributed by atoms with van der Waals surface area (Å²) in [5, 5.41) is 2.75. The Morgan fingerprint density at radius 3 is 1.65 bits per heavy atom. The van der Waals surface area contributed by atoms with E-state index < -0.39 is 0 Å². The van der Waals surface area contributed by atoms with E-state index in [1.54, 1.807) is 0 Å². The van der Waals surface area contributed by atoms with Gasteiger partial charge in [-0.2, -0.15) is 0 Å². The van der Waals surface area contributed by atoms with E-state index in [1.165, 1.54) is 98.9 Å². The molecule has 248 valence electrons. The number of hydrogen-bond acceptors (Lipinski definition) is 1. The summed E-state index contributed by atoms with van der Waals surface area (Å²) in [7, 11) is 0. The molecule has 1 nitrogen and oxygen atoms in total. The molecule has 1 heteroatoms. The average Bonchev–Trinajstić information content (AvgIpc) is 3.11. The molecule has 1 aliphatic rings. The molecular weight excluding hydrogens is 591 g/mol. The molecule has 1 fully saturated rings. The van der Waals surface area contributed by atoms with Crippen LogP contribution in [0, 0.1) is 0 Å². The predicted molar refractivity (Wildman–Crippen MR) is 213 cm³/mol. The fourth-order valence-electron chi connectivity index (χ4n) is 7.79.